The van der Waals surface area contributed by atoms with E-state index in [-0.39, 0.29) is 12.6 Å². The number of hydrogen-bond donors (Lipinski definition) is 1. The van der Waals surface area contributed by atoms with Crippen LogP contribution in [0.2, 0.25) is 0 Å². The first-order valence-corrected chi connectivity index (χ1v) is 4.45. The minimum Gasteiger partial charge on any atom is -0.330 e. The van der Waals surface area contributed by atoms with E-state index in [2.05, 4.69) is 5.32 Å². The molecule has 1 fully saturated rings. The maximum atomic E-state index is 12.1. The van der Waals surface area contributed by atoms with Crippen LogP contribution >= 0.6 is 0 Å². The van der Waals surface area contributed by atoms with E-state index in [4.69, 9.17) is 0 Å². The quantitative estimate of drug-likeness (QED) is 0.743. The molecule has 6 heteroatoms. The van der Waals surface area contributed by atoms with Crippen molar-refractivity contribution in [3.05, 3.63) is 0 Å². The molecular weight excluding hydrogens is 197 g/mol. The van der Waals surface area contributed by atoms with Gasteiger partial charge in [0.25, 0.3) is 0 Å². The molecule has 0 bridgehead atoms. The van der Waals surface area contributed by atoms with Crippen molar-refractivity contribution in [2.45, 2.75) is 25.1 Å². The maximum absolute atomic E-state index is 12.1. The second-order valence-electron chi connectivity index (χ2n) is 3.40. The SMILES string of the molecule is CNCC(=O)N(CC(F)(F)F)C1CC1. The lowest BCUT2D eigenvalue weighted by molar-refractivity contribution is -0.161. The molecule has 0 aliphatic heterocycles. The first-order chi connectivity index (χ1) is 6.44. The molecule has 1 aliphatic rings. The minimum absolute atomic E-state index is 0.0351. The van der Waals surface area contributed by atoms with Crippen LogP contribution in [0.15, 0.2) is 0 Å². The number of alkyl halides is 3. The Morgan fingerprint density at radius 2 is 2.07 bits per heavy atom. The summed E-state index contributed by atoms with van der Waals surface area (Å²) in [5.74, 6) is -0.479. The molecule has 3 nitrogen and oxygen atoms in total. The van der Waals surface area contributed by atoms with Gasteiger partial charge in [-0.3, -0.25) is 4.79 Å². The van der Waals surface area contributed by atoms with Crippen LogP contribution in [-0.2, 0) is 4.79 Å². The van der Waals surface area contributed by atoms with Gasteiger partial charge in [-0.1, -0.05) is 0 Å². The third-order valence-corrected chi connectivity index (χ3v) is 1.99. The Bertz CT molecular complexity index is 213. The Balaban J connectivity index is 2.51. The number of rotatable bonds is 4. The fourth-order valence-electron chi connectivity index (χ4n) is 1.25. The monoisotopic (exact) mass is 210 g/mol. The van der Waals surface area contributed by atoms with Crippen molar-refractivity contribution in [3.63, 3.8) is 0 Å². The molecule has 0 aromatic carbocycles. The lowest BCUT2D eigenvalue weighted by Crippen LogP contribution is -2.44. The molecule has 1 saturated carbocycles. The molecule has 0 aromatic rings. The van der Waals surface area contributed by atoms with Gasteiger partial charge in [-0.05, 0) is 19.9 Å². The predicted molar refractivity (Wildman–Crippen MR) is 44.7 cm³/mol. The van der Waals surface area contributed by atoms with E-state index in [9.17, 15) is 18.0 Å². The third kappa shape index (κ3) is 3.53. The Labute approximate surface area is 80.3 Å². The summed E-state index contributed by atoms with van der Waals surface area (Å²) in [6.07, 6.45) is -2.93. The summed E-state index contributed by atoms with van der Waals surface area (Å²) in [6.45, 7) is -1.16. The van der Waals surface area contributed by atoms with Gasteiger partial charge < -0.3 is 10.2 Å². The van der Waals surface area contributed by atoms with E-state index in [0.29, 0.717) is 12.8 Å². The molecule has 0 unspecified atom stereocenters. The highest BCUT2D eigenvalue weighted by molar-refractivity contribution is 5.78. The highest BCUT2D eigenvalue weighted by Crippen LogP contribution is 2.29. The summed E-state index contributed by atoms with van der Waals surface area (Å²) >= 11 is 0. The topological polar surface area (TPSA) is 32.3 Å². The van der Waals surface area contributed by atoms with E-state index >= 15 is 0 Å². The molecule has 1 aliphatic carbocycles. The van der Waals surface area contributed by atoms with Gasteiger partial charge in [0, 0.05) is 6.04 Å². The van der Waals surface area contributed by atoms with Crippen LogP contribution in [0.4, 0.5) is 13.2 Å². The summed E-state index contributed by atoms with van der Waals surface area (Å²) in [6, 6.07) is -0.197. The van der Waals surface area contributed by atoms with E-state index in [1.54, 1.807) is 0 Å². The zero-order chi connectivity index (χ0) is 10.8. The lowest BCUT2D eigenvalue weighted by Gasteiger charge is -2.23. The molecule has 0 spiro atoms. The molecule has 1 rings (SSSR count). The second kappa shape index (κ2) is 4.16. The smallest absolute Gasteiger partial charge is 0.330 e. The predicted octanol–water partition coefficient (Wildman–Crippen LogP) is 0.759. The Kier molecular flexibility index (Phi) is 3.36. The van der Waals surface area contributed by atoms with E-state index in [1.165, 1.54) is 7.05 Å². The second-order valence-corrected chi connectivity index (χ2v) is 3.40. The fourth-order valence-corrected chi connectivity index (χ4v) is 1.25. The van der Waals surface area contributed by atoms with Gasteiger partial charge in [-0.15, -0.1) is 0 Å². The van der Waals surface area contributed by atoms with Crippen molar-refractivity contribution in [3.8, 4) is 0 Å². The molecule has 0 radical (unpaired) electrons. The van der Waals surface area contributed by atoms with Gasteiger partial charge in [0.2, 0.25) is 5.91 Å². The van der Waals surface area contributed by atoms with Crippen molar-refractivity contribution in [1.29, 1.82) is 0 Å². The van der Waals surface area contributed by atoms with Gasteiger partial charge in [0.1, 0.15) is 6.54 Å². The van der Waals surface area contributed by atoms with Gasteiger partial charge in [-0.25, -0.2) is 0 Å². The zero-order valence-electron chi connectivity index (χ0n) is 7.90. The van der Waals surface area contributed by atoms with Crippen molar-refractivity contribution < 1.29 is 18.0 Å². The van der Waals surface area contributed by atoms with Crippen molar-refractivity contribution >= 4 is 5.91 Å². The number of carbonyl (C=O) groups is 1. The summed E-state index contributed by atoms with van der Waals surface area (Å²) in [4.78, 5) is 12.2. The highest BCUT2D eigenvalue weighted by atomic mass is 19.4. The average molecular weight is 210 g/mol. The standard InChI is InChI=1S/C8H13F3N2O/c1-12-4-7(14)13(6-2-3-6)5-8(9,10)11/h6,12H,2-5H2,1H3. The van der Waals surface area contributed by atoms with E-state index < -0.39 is 18.6 Å². The Morgan fingerprint density at radius 3 is 2.43 bits per heavy atom. The van der Waals surface area contributed by atoms with Gasteiger partial charge in [0.05, 0.1) is 6.54 Å². The number of amides is 1. The molecule has 14 heavy (non-hydrogen) atoms. The molecule has 0 aromatic heterocycles. The molecule has 1 N–H and O–H groups in total. The third-order valence-electron chi connectivity index (χ3n) is 1.99. The Hall–Kier alpha value is -0.780. The average Bonchev–Trinajstić information content (AvgIpc) is 2.81. The molecule has 82 valence electrons. The zero-order valence-corrected chi connectivity index (χ0v) is 7.90. The van der Waals surface area contributed by atoms with Crippen LogP contribution in [0.5, 0.6) is 0 Å². The lowest BCUT2D eigenvalue weighted by atomic mass is 10.4. The van der Waals surface area contributed by atoms with Crippen LogP contribution < -0.4 is 5.32 Å². The van der Waals surface area contributed by atoms with Crippen LogP contribution in [0.25, 0.3) is 0 Å². The van der Waals surface area contributed by atoms with Crippen LogP contribution in [0, 0.1) is 0 Å². The van der Waals surface area contributed by atoms with Gasteiger partial charge in [-0.2, -0.15) is 13.2 Å². The van der Waals surface area contributed by atoms with Crippen molar-refractivity contribution in [2.24, 2.45) is 0 Å². The highest BCUT2D eigenvalue weighted by Gasteiger charge is 2.40. The molecular formula is C8H13F3N2O. The summed E-state index contributed by atoms with van der Waals surface area (Å²) in [7, 11) is 1.54. The van der Waals surface area contributed by atoms with Crippen LogP contribution in [0.1, 0.15) is 12.8 Å². The number of hydrogen-bond acceptors (Lipinski definition) is 2. The molecule has 0 atom stereocenters. The number of halogens is 3. The largest absolute Gasteiger partial charge is 0.406 e. The van der Waals surface area contributed by atoms with Crippen molar-refractivity contribution in [1.82, 2.24) is 10.2 Å². The molecule has 0 saturated heterocycles. The van der Waals surface area contributed by atoms with Crippen molar-refractivity contribution in [2.75, 3.05) is 20.1 Å². The molecule has 1 amide bonds. The van der Waals surface area contributed by atoms with Gasteiger partial charge >= 0.3 is 6.18 Å². The van der Waals surface area contributed by atoms with E-state index in [1.807, 2.05) is 0 Å². The number of carbonyl (C=O) groups excluding carboxylic acids is 1. The fraction of sp³-hybridized carbons (Fsp3) is 0.875. The number of nitrogens with one attached hydrogen (secondary N) is 1. The first kappa shape index (κ1) is 11.3. The molecule has 0 heterocycles. The van der Waals surface area contributed by atoms with Crippen LogP contribution in [0.3, 0.4) is 0 Å². The minimum atomic E-state index is -4.30. The first-order valence-electron chi connectivity index (χ1n) is 4.45. The summed E-state index contributed by atoms with van der Waals surface area (Å²) in [5.41, 5.74) is 0. The van der Waals surface area contributed by atoms with Crippen LogP contribution in [-0.4, -0.2) is 43.2 Å². The maximum Gasteiger partial charge on any atom is 0.406 e. The normalized spacial score (nSPS) is 16.9. The van der Waals surface area contributed by atoms with E-state index in [0.717, 1.165) is 4.90 Å². The summed E-state index contributed by atoms with van der Waals surface area (Å²) < 4.78 is 36.2. The Morgan fingerprint density at radius 1 is 1.50 bits per heavy atom. The number of nitrogens with zero attached hydrogens (tertiary/aromatic N) is 1. The van der Waals surface area contributed by atoms with Gasteiger partial charge in [0.15, 0.2) is 0 Å². The summed E-state index contributed by atoms with van der Waals surface area (Å²) in [5, 5.41) is 2.56. The number of likely N-dealkylation sites (N-methyl/N-ethyl adjacent to an activating group) is 1.